The minimum atomic E-state index is -1.70. The van der Waals surface area contributed by atoms with E-state index in [9.17, 15) is 19.1 Å². The maximum absolute atomic E-state index is 13.5. The third kappa shape index (κ3) is 2.84. The lowest BCUT2D eigenvalue weighted by molar-refractivity contribution is -0.153. The van der Waals surface area contributed by atoms with Crippen LogP contribution in [0.4, 0.5) is 4.39 Å². The van der Waals surface area contributed by atoms with Crippen LogP contribution in [0.2, 0.25) is 0 Å². The first-order valence-electron chi connectivity index (χ1n) is 5.26. The summed E-state index contributed by atoms with van der Waals surface area (Å²) in [6, 6.07) is 1.98. The molecular weight excluding hydrogens is 243 g/mol. The van der Waals surface area contributed by atoms with E-state index in [0.29, 0.717) is 0 Å². The molecule has 0 saturated carbocycles. The predicted octanol–water partition coefficient (Wildman–Crippen LogP) is 1.43. The van der Waals surface area contributed by atoms with E-state index in [0.717, 1.165) is 12.1 Å². The summed E-state index contributed by atoms with van der Waals surface area (Å²) >= 11 is 0. The highest BCUT2D eigenvalue weighted by Crippen LogP contribution is 2.21. The Bertz CT molecular complexity index is 484. The molecule has 6 heteroatoms. The molecule has 98 valence electrons. The van der Waals surface area contributed by atoms with Crippen LogP contribution in [-0.2, 0) is 9.53 Å². The van der Waals surface area contributed by atoms with Gasteiger partial charge in [0.1, 0.15) is 5.82 Å². The molecule has 1 aromatic carbocycles. The smallest absolute Gasteiger partial charge is 0.339 e. The summed E-state index contributed by atoms with van der Waals surface area (Å²) in [5.74, 6) is -3.07. The molecule has 0 aliphatic rings. The van der Waals surface area contributed by atoms with E-state index in [4.69, 9.17) is 5.11 Å². The Morgan fingerprint density at radius 3 is 2.56 bits per heavy atom. The van der Waals surface area contributed by atoms with Crippen LogP contribution in [0.15, 0.2) is 12.1 Å². The van der Waals surface area contributed by atoms with E-state index in [1.807, 2.05) is 0 Å². The van der Waals surface area contributed by atoms with Gasteiger partial charge >= 0.3 is 11.9 Å². The van der Waals surface area contributed by atoms with Gasteiger partial charge in [-0.1, -0.05) is 0 Å². The molecule has 0 aliphatic heterocycles. The van der Waals surface area contributed by atoms with E-state index < -0.39 is 23.9 Å². The number of rotatable bonds is 4. The summed E-state index contributed by atoms with van der Waals surface area (Å²) in [5.41, 5.74) is -0.496. The number of hydrogen-bond donors (Lipinski definition) is 2. The zero-order valence-electron chi connectivity index (χ0n) is 9.94. The van der Waals surface area contributed by atoms with E-state index >= 15 is 0 Å². The summed E-state index contributed by atoms with van der Waals surface area (Å²) in [6.45, 7) is 2.93. The van der Waals surface area contributed by atoms with Gasteiger partial charge in [-0.2, -0.15) is 0 Å². The van der Waals surface area contributed by atoms with Crippen molar-refractivity contribution in [3.8, 4) is 0 Å². The summed E-state index contributed by atoms with van der Waals surface area (Å²) in [4.78, 5) is 22.2. The van der Waals surface area contributed by atoms with Gasteiger partial charge in [0.05, 0.1) is 12.2 Å². The monoisotopic (exact) mass is 256 g/mol. The Morgan fingerprint density at radius 1 is 1.44 bits per heavy atom. The van der Waals surface area contributed by atoms with Gasteiger partial charge in [0.2, 0.25) is 0 Å². The lowest BCUT2D eigenvalue weighted by atomic mass is 10.0. The van der Waals surface area contributed by atoms with Gasteiger partial charge in [0, 0.05) is 0 Å². The van der Waals surface area contributed by atoms with Gasteiger partial charge in [-0.3, -0.25) is 0 Å². The quantitative estimate of drug-likeness (QED) is 0.796. The second-order valence-corrected chi connectivity index (χ2v) is 3.64. The molecule has 1 aromatic rings. The number of carbonyl (C=O) groups is 2. The Kier molecular flexibility index (Phi) is 4.38. The molecular formula is C12H13FO5. The molecule has 5 nitrogen and oxygen atoms in total. The molecule has 0 heterocycles. The number of aliphatic hydroxyl groups excluding tert-OH is 1. The van der Waals surface area contributed by atoms with Crippen molar-refractivity contribution in [3.05, 3.63) is 34.6 Å². The number of carbonyl (C=O) groups excluding carboxylic acids is 1. The molecule has 0 saturated heterocycles. The van der Waals surface area contributed by atoms with E-state index in [1.54, 1.807) is 6.92 Å². The third-order valence-electron chi connectivity index (χ3n) is 2.42. The number of ether oxygens (including phenoxy) is 1. The minimum absolute atomic E-state index is 0.0534. The van der Waals surface area contributed by atoms with Crippen LogP contribution in [0.25, 0.3) is 0 Å². The Balaban J connectivity index is 3.18. The number of halogens is 1. The Morgan fingerprint density at radius 2 is 2.06 bits per heavy atom. The summed E-state index contributed by atoms with van der Waals surface area (Å²) in [7, 11) is 0. The first kappa shape index (κ1) is 14.1. The maximum atomic E-state index is 13.5. The number of esters is 1. The third-order valence-corrected chi connectivity index (χ3v) is 2.42. The highest BCUT2D eigenvalue weighted by Gasteiger charge is 2.22. The second kappa shape index (κ2) is 5.59. The van der Waals surface area contributed by atoms with Crippen molar-refractivity contribution >= 4 is 11.9 Å². The SMILES string of the molecule is CCOC(=O)C(O)c1cc(F)c(C)c(C(=O)O)c1. The first-order chi connectivity index (χ1) is 8.38. The number of aliphatic hydroxyl groups is 1. The van der Waals surface area contributed by atoms with Crippen molar-refractivity contribution in [1.82, 2.24) is 0 Å². The lowest BCUT2D eigenvalue weighted by Gasteiger charge is -2.12. The zero-order chi connectivity index (χ0) is 13.9. The van der Waals surface area contributed by atoms with Gasteiger partial charge in [-0.15, -0.1) is 0 Å². The van der Waals surface area contributed by atoms with Gasteiger partial charge < -0.3 is 14.9 Å². The van der Waals surface area contributed by atoms with Crippen molar-refractivity contribution < 1.29 is 28.9 Å². The highest BCUT2D eigenvalue weighted by molar-refractivity contribution is 5.90. The zero-order valence-corrected chi connectivity index (χ0v) is 9.94. The fourth-order valence-electron chi connectivity index (χ4n) is 1.44. The van der Waals surface area contributed by atoms with Crippen molar-refractivity contribution in [2.45, 2.75) is 20.0 Å². The van der Waals surface area contributed by atoms with Crippen molar-refractivity contribution in [2.75, 3.05) is 6.61 Å². The fraction of sp³-hybridized carbons (Fsp3) is 0.333. The second-order valence-electron chi connectivity index (χ2n) is 3.64. The summed E-state index contributed by atoms with van der Waals surface area (Å²) < 4.78 is 18.1. The molecule has 0 spiro atoms. The van der Waals surface area contributed by atoms with Crippen LogP contribution >= 0.6 is 0 Å². The number of carboxylic acid groups (broad SMARTS) is 1. The molecule has 18 heavy (non-hydrogen) atoms. The Labute approximate surface area is 103 Å². The van der Waals surface area contributed by atoms with Crippen LogP contribution in [0.3, 0.4) is 0 Å². The number of aromatic carboxylic acids is 1. The summed E-state index contributed by atoms with van der Waals surface area (Å²) in [6.07, 6.45) is -1.70. The maximum Gasteiger partial charge on any atom is 0.339 e. The van der Waals surface area contributed by atoms with Crippen LogP contribution < -0.4 is 0 Å². The standard InChI is InChI=1S/C12H13FO5/c1-3-18-12(17)10(14)7-4-8(11(15)16)6(2)9(13)5-7/h4-5,10,14H,3H2,1-2H3,(H,15,16). The van der Waals surface area contributed by atoms with Crippen molar-refractivity contribution in [1.29, 1.82) is 0 Å². The van der Waals surface area contributed by atoms with Gasteiger partial charge in [-0.25, -0.2) is 14.0 Å². The predicted molar refractivity (Wildman–Crippen MR) is 59.7 cm³/mol. The van der Waals surface area contributed by atoms with Gasteiger partial charge in [0.15, 0.2) is 6.10 Å². The average molecular weight is 256 g/mol. The first-order valence-corrected chi connectivity index (χ1v) is 5.26. The van der Waals surface area contributed by atoms with E-state index in [-0.39, 0.29) is 23.3 Å². The average Bonchev–Trinajstić information content (AvgIpc) is 2.31. The normalized spacial score (nSPS) is 12.0. The van der Waals surface area contributed by atoms with E-state index in [1.165, 1.54) is 6.92 Å². The number of hydrogen-bond acceptors (Lipinski definition) is 4. The summed E-state index contributed by atoms with van der Waals surface area (Å²) in [5, 5.41) is 18.5. The molecule has 0 radical (unpaired) electrons. The topological polar surface area (TPSA) is 83.8 Å². The molecule has 0 amide bonds. The number of carboxylic acids is 1. The van der Waals surface area contributed by atoms with Gasteiger partial charge in [0.25, 0.3) is 0 Å². The minimum Gasteiger partial charge on any atom is -0.478 e. The molecule has 0 aliphatic carbocycles. The van der Waals surface area contributed by atoms with Crippen molar-refractivity contribution in [2.24, 2.45) is 0 Å². The lowest BCUT2D eigenvalue weighted by Crippen LogP contribution is -2.16. The molecule has 0 bridgehead atoms. The molecule has 2 N–H and O–H groups in total. The van der Waals surface area contributed by atoms with Crippen molar-refractivity contribution in [3.63, 3.8) is 0 Å². The molecule has 0 fully saturated rings. The molecule has 1 atom stereocenters. The molecule has 1 rings (SSSR count). The highest BCUT2D eigenvalue weighted by atomic mass is 19.1. The van der Waals surface area contributed by atoms with Crippen LogP contribution in [0.1, 0.15) is 34.5 Å². The van der Waals surface area contributed by atoms with E-state index in [2.05, 4.69) is 4.74 Å². The largest absolute Gasteiger partial charge is 0.478 e. The fourth-order valence-corrected chi connectivity index (χ4v) is 1.44. The molecule has 1 unspecified atom stereocenters. The van der Waals surface area contributed by atoms with Crippen LogP contribution in [0.5, 0.6) is 0 Å². The molecule has 0 aromatic heterocycles. The number of benzene rings is 1. The van der Waals surface area contributed by atoms with Crippen LogP contribution in [0, 0.1) is 12.7 Å². The van der Waals surface area contributed by atoms with Crippen LogP contribution in [-0.4, -0.2) is 28.8 Å². The van der Waals surface area contributed by atoms with Gasteiger partial charge in [-0.05, 0) is 37.1 Å². The Hall–Kier alpha value is -1.95.